The van der Waals surface area contributed by atoms with Crippen molar-refractivity contribution in [3.8, 4) is 0 Å². The Morgan fingerprint density at radius 3 is 2.68 bits per heavy atom. The molecule has 0 fully saturated rings. The maximum Gasteiger partial charge on any atom is 0.411 e. The molecule has 1 aromatic carbocycles. The number of hydrogen-bond acceptors (Lipinski definition) is 3. The number of nitrogens with one attached hydrogen (secondary N) is 1. The second-order valence-electron chi connectivity index (χ2n) is 4.41. The fourth-order valence-corrected chi connectivity index (χ4v) is 2.35. The van der Waals surface area contributed by atoms with Gasteiger partial charge in [-0.3, -0.25) is 4.79 Å². The number of thioether (sulfide) groups is 1. The molecule has 0 atom stereocenters. The van der Waals surface area contributed by atoms with Crippen LogP contribution < -0.4 is 5.32 Å². The molecule has 0 aliphatic heterocycles. The summed E-state index contributed by atoms with van der Waals surface area (Å²) in [4.78, 5) is 11.3. The van der Waals surface area contributed by atoms with Crippen molar-refractivity contribution in [1.29, 1.82) is 0 Å². The quantitative estimate of drug-likeness (QED) is 0.555. The van der Waals surface area contributed by atoms with E-state index in [0.717, 1.165) is 0 Å². The van der Waals surface area contributed by atoms with Crippen LogP contribution in [0.1, 0.15) is 12.0 Å². The average molecular weight is 339 g/mol. The third-order valence-corrected chi connectivity index (χ3v) is 3.53. The number of benzene rings is 1. The Hall–Kier alpha value is -1.28. The molecule has 0 saturated carbocycles. The largest absolute Gasteiger partial charge is 0.411 e. The first kappa shape index (κ1) is 18.8. The number of ether oxygens (including phenoxy) is 1. The Kier molecular flexibility index (Phi) is 8.26. The predicted molar refractivity (Wildman–Crippen MR) is 77.1 cm³/mol. The van der Waals surface area contributed by atoms with Gasteiger partial charge in [-0.25, -0.2) is 4.39 Å². The van der Waals surface area contributed by atoms with E-state index in [2.05, 4.69) is 10.1 Å². The van der Waals surface area contributed by atoms with Crippen LogP contribution in [0.5, 0.6) is 0 Å². The highest BCUT2D eigenvalue weighted by molar-refractivity contribution is 7.98. The van der Waals surface area contributed by atoms with E-state index in [0.29, 0.717) is 23.6 Å². The molecule has 8 heteroatoms. The highest BCUT2D eigenvalue weighted by Gasteiger charge is 2.27. The first-order valence-corrected chi connectivity index (χ1v) is 7.76. The van der Waals surface area contributed by atoms with E-state index in [4.69, 9.17) is 0 Å². The van der Waals surface area contributed by atoms with Gasteiger partial charge in [0, 0.05) is 24.5 Å². The van der Waals surface area contributed by atoms with Crippen molar-refractivity contribution in [2.75, 3.05) is 25.5 Å². The molecule has 0 unspecified atom stereocenters. The van der Waals surface area contributed by atoms with Crippen LogP contribution >= 0.6 is 11.8 Å². The maximum absolute atomic E-state index is 13.3. The molecule has 1 rings (SSSR count). The average Bonchev–Trinajstić information content (AvgIpc) is 2.44. The molecule has 1 aromatic rings. The van der Waals surface area contributed by atoms with Gasteiger partial charge in [0.2, 0.25) is 5.91 Å². The van der Waals surface area contributed by atoms with Crippen LogP contribution in [0.2, 0.25) is 0 Å². The number of carbonyl (C=O) groups is 1. The number of carbonyl (C=O) groups excluding carboxylic acids is 1. The second-order valence-corrected chi connectivity index (χ2v) is 5.52. The van der Waals surface area contributed by atoms with Crippen molar-refractivity contribution in [2.24, 2.45) is 0 Å². The van der Waals surface area contributed by atoms with Crippen LogP contribution in [-0.4, -0.2) is 37.6 Å². The molecular weight excluding hydrogens is 322 g/mol. The highest BCUT2D eigenvalue weighted by atomic mass is 32.2. The van der Waals surface area contributed by atoms with Crippen LogP contribution in [0.15, 0.2) is 24.3 Å². The van der Waals surface area contributed by atoms with Gasteiger partial charge in [0.05, 0.1) is 6.61 Å². The molecule has 0 aromatic heterocycles. The predicted octanol–water partition coefficient (Wildman–Crippen LogP) is 3.14. The molecule has 0 bridgehead atoms. The molecule has 0 radical (unpaired) electrons. The Morgan fingerprint density at radius 2 is 2.00 bits per heavy atom. The standard InChI is InChI=1S/C14H17F4NO2S/c15-12-4-2-1-3-11(12)9-22-8-6-19-13(20)5-7-21-10-14(16,17)18/h1-4H,5-10H2,(H,19,20). The van der Waals surface area contributed by atoms with E-state index >= 15 is 0 Å². The SMILES string of the molecule is O=C(CCOCC(F)(F)F)NCCSCc1ccccc1F. The van der Waals surface area contributed by atoms with Crippen LogP contribution in [0.3, 0.4) is 0 Å². The smallest absolute Gasteiger partial charge is 0.372 e. The Bertz CT molecular complexity index is 468. The minimum Gasteiger partial charge on any atom is -0.372 e. The van der Waals surface area contributed by atoms with Crippen molar-refractivity contribution in [3.63, 3.8) is 0 Å². The zero-order valence-corrected chi connectivity index (χ0v) is 12.6. The van der Waals surface area contributed by atoms with Crippen LogP contribution in [0, 0.1) is 5.82 Å². The summed E-state index contributed by atoms with van der Waals surface area (Å²) in [6.45, 7) is -1.25. The first-order chi connectivity index (χ1) is 10.4. The van der Waals surface area contributed by atoms with Crippen molar-refractivity contribution >= 4 is 17.7 Å². The van der Waals surface area contributed by atoms with Gasteiger partial charge in [0.15, 0.2) is 0 Å². The monoisotopic (exact) mass is 339 g/mol. The van der Waals surface area contributed by atoms with Gasteiger partial charge in [-0.2, -0.15) is 24.9 Å². The summed E-state index contributed by atoms with van der Waals surface area (Å²) >= 11 is 1.46. The van der Waals surface area contributed by atoms with E-state index in [1.807, 2.05) is 0 Å². The van der Waals surface area contributed by atoms with Crippen molar-refractivity contribution in [1.82, 2.24) is 5.32 Å². The lowest BCUT2D eigenvalue weighted by Gasteiger charge is -2.08. The number of rotatable bonds is 9. The Labute approximate surface area is 130 Å². The lowest BCUT2D eigenvalue weighted by atomic mass is 10.2. The van der Waals surface area contributed by atoms with Gasteiger partial charge in [-0.15, -0.1) is 0 Å². The van der Waals surface area contributed by atoms with E-state index in [1.165, 1.54) is 17.8 Å². The summed E-state index contributed by atoms with van der Waals surface area (Å²) in [5.41, 5.74) is 0.597. The van der Waals surface area contributed by atoms with E-state index in [-0.39, 0.29) is 24.8 Å². The first-order valence-electron chi connectivity index (χ1n) is 6.61. The molecule has 0 aliphatic rings. The lowest BCUT2D eigenvalue weighted by molar-refractivity contribution is -0.174. The molecule has 0 spiro atoms. The minimum absolute atomic E-state index is 0.117. The summed E-state index contributed by atoms with van der Waals surface area (Å²) in [5.74, 6) is 0.454. The molecule has 1 amide bonds. The Morgan fingerprint density at radius 1 is 1.27 bits per heavy atom. The number of amides is 1. The number of alkyl halides is 3. The van der Waals surface area contributed by atoms with E-state index < -0.39 is 12.8 Å². The van der Waals surface area contributed by atoms with Crippen LogP contribution in [0.25, 0.3) is 0 Å². The van der Waals surface area contributed by atoms with Crippen molar-refractivity contribution < 1.29 is 27.1 Å². The fourth-order valence-electron chi connectivity index (χ4n) is 1.50. The summed E-state index contributed by atoms with van der Waals surface area (Å²) < 4.78 is 53.0. The fraction of sp³-hybridized carbons (Fsp3) is 0.500. The topological polar surface area (TPSA) is 38.3 Å². The molecule has 22 heavy (non-hydrogen) atoms. The van der Waals surface area contributed by atoms with Crippen LogP contribution in [0.4, 0.5) is 17.6 Å². The number of halogens is 4. The summed E-state index contributed by atoms with van der Waals surface area (Å²) in [6, 6.07) is 6.45. The van der Waals surface area contributed by atoms with Crippen molar-refractivity contribution in [2.45, 2.75) is 18.3 Å². The molecule has 3 nitrogen and oxygen atoms in total. The van der Waals surface area contributed by atoms with E-state index in [9.17, 15) is 22.4 Å². The summed E-state index contributed by atoms with van der Waals surface area (Å²) in [7, 11) is 0. The maximum atomic E-state index is 13.3. The molecule has 0 saturated heterocycles. The molecular formula is C14H17F4NO2S. The lowest BCUT2D eigenvalue weighted by Crippen LogP contribution is -2.27. The molecule has 0 aliphatic carbocycles. The number of hydrogen-bond donors (Lipinski definition) is 1. The van der Waals surface area contributed by atoms with Crippen LogP contribution in [-0.2, 0) is 15.3 Å². The zero-order valence-electron chi connectivity index (χ0n) is 11.8. The Balaban J connectivity index is 2.02. The normalized spacial score (nSPS) is 11.5. The van der Waals surface area contributed by atoms with E-state index in [1.54, 1.807) is 18.2 Å². The molecule has 124 valence electrons. The summed E-state index contributed by atoms with van der Waals surface area (Å²) in [5, 5.41) is 2.57. The van der Waals surface area contributed by atoms with Gasteiger partial charge >= 0.3 is 6.18 Å². The summed E-state index contributed by atoms with van der Waals surface area (Å²) in [6.07, 6.45) is -4.49. The van der Waals surface area contributed by atoms with Gasteiger partial charge in [0.1, 0.15) is 12.4 Å². The third-order valence-electron chi connectivity index (χ3n) is 2.52. The zero-order chi connectivity index (χ0) is 16.4. The van der Waals surface area contributed by atoms with Gasteiger partial charge in [0.25, 0.3) is 0 Å². The molecule has 0 heterocycles. The van der Waals surface area contributed by atoms with Gasteiger partial charge in [-0.1, -0.05) is 18.2 Å². The van der Waals surface area contributed by atoms with Crippen molar-refractivity contribution in [3.05, 3.63) is 35.6 Å². The minimum atomic E-state index is -4.38. The third kappa shape index (κ3) is 8.89. The second kappa shape index (κ2) is 9.68. The van der Waals surface area contributed by atoms with Gasteiger partial charge in [-0.05, 0) is 11.6 Å². The highest BCUT2D eigenvalue weighted by Crippen LogP contribution is 2.15. The van der Waals surface area contributed by atoms with Gasteiger partial charge < -0.3 is 10.1 Å². The molecule has 1 N–H and O–H groups in total.